The van der Waals surface area contributed by atoms with E-state index in [1.165, 1.54) is 0 Å². The van der Waals surface area contributed by atoms with Crippen molar-refractivity contribution in [2.75, 3.05) is 57.8 Å². The maximum absolute atomic E-state index is 13.1. The number of nitrogens with one attached hydrogen (secondary N) is 1. The molecule has 2 aromatic carbocycles. The van der Waals surface area contributed by atoms with E-state index in [0.29, 0.717) is 16.6 Å². The minimum absolute atomic E-state index is 0.0869. The topological polar surface area (TPSA) is 48.1 Å². The molecule has 2 atom stereocenters. The second kappa shape index (κ2) is 11.5. The SMILES string of the molecule is CCN1C(c2ccc(OC)cc2)=CC(C(=O)NCCN2CCN(c3cccc(Cl)c3Cl)CC2)C1C. The Balaban J connectivity index is 1.29. The van der Waals surface area contributed by atoms with Crippen LogP contribution in [0.2, 0.25) is 10.0 Å². The zero-order valence-electron chi connectivity index (χ0n) is 20.6. The highest BCUT2D eigenvalue weighted by atomic mass is 35.5. The molecule has 2 heterocycles. The number of amides is 1. The molecule has 2 aliphatic heterocycles. The molecular weight excluding hydrogens is 483 g/mol. The molecule has 0 radical (unpaired) electrons. The Morgan fingerprint density at radius 2 is 1.80 bits per heavy atom. The fourth-order valence-electron chi connectivity index (χ4n) is 5.00. The number of anilines is 1. The quantitative estimate of drug-likeness (QED) is 0.554. The van der Waals surface area contributed by atoms with Crippen molar-refractivity contribution in [1.29, 1.82) is 0 Å². The fraction of sp³-hybridized carbons (Fsp3) is 0.444. The molecule has 1 N–H and O–H groups in total. The normalized spacial score (nSPS) is 20.7. The number of ether oxygens (including phenoxy) is 1. The number of hydrogen-bond acceptors (Lipinski definition) is 5. The summed E-state index contributed by atoms with van der Waals surface area (Å²) in [6.07, 6.45) is 2.11. The summed E-state index contributed by atoms with van der Waals surface area (Å²) in [6, 6.07) is 13.9. The van der Waals surface area contributed by atoms with Crippen molar-refractivity contribution in [3.63, 3.8) is 0 Å². The average molecular weight is 518 g/mol. The Kier molecular flexibility index (Phi) is 8.47. The maximum atomic E-state index is 13.1. The first-order chi connectivity index (χ1) is 16.9. The third-order valence-corrected chi connectivity index (χ3v) is 7.87. The van der Waals surface area contributed by atoms with Crippen LogP contribution in [0.5, 0.6) is 5.75 Å². The van der Waals surface area contributed by atoms with E-state index < -0.39 is 0 Å². The smallest absolute Gasteiger partial charge is 0.229 e. The third kappa shape index (κ3) is 5.71. The zero-order valence-corrected chi connectivity index (χ0v) is 22.1. The van der Waals surface area contributed by atoms with Crippen LogP contribution in [-0.4, -0.2) is 74.7 Å². The van der Waals surface area contributed by atoms with E-state index in [-0.39, 0.29) is 17.9 Å². The van der Waals surface area contributed by atoms with E-state index in [1.807, 2.05) is 30.3 Å². The van der Waals surface area contributed by atoms with E-state index in [0.717, 1.165) is 62.0 Å². The van der Waals surface area contributed by atoms with E-state index >= 15 is 0 Å². The molecule has 35 heavy (non-hydrogen) atoms. The molecule has 0 spiro atoms. The predicted molar refractivity (Wildman–Crippen MR) is 144 cm³/mol. The number of halogens is 2. The number of hydrogen-bond donors (Lipinski definition) is 1. The number of rotatable bonds is 8. The summed E-state index contributed by atoms with van der Waals surface area (Å²) in [7, 11) is 1.67. The molecule has 4 rings (SSSR count). The molecule has 6 nitrogen and oxygen atoms in total. The molecule has 0 aromatic heterocycles. The second-order valence-electron chi connectivity index (χ2n) is 9.03. The lowest BCUT2D eigenvalue weighted by Crippen LogP contribution is -2.49. The summed E-state index contributed by atoms with van der Waals surface area (Å²) < 4.78 is 5.28. The van der Waals surface area contributed by atoms with Crippen molar-refractivity contribution < 1.29 is 9.53 Å². The molecule has 0 bridgehead atoms. The highest BCUT2D eigenvalue weighted by Crippen LogP contribution is 2.35. The Bertz CT molecular complexity index is 1050. The van der Waals surface area contributed by atoms with Gasteiger partial charge in [-0.05, 0) is 61.9 Å². The molecule has 1 fully saturated rings. The Morgan fingerprint density at radius 1 is 1.09 bits per heavy atom. The van der Waals surface area contributed by atoms with Gasteiger partial charge in [0.15, 0.2) is 0 Å². The van der Waals surface area contributed by atoms with E-state index in [2.05, 4.69) is 52.1 Å². The van der Waals surface area contributed by atoms with E-state index in [9.17, 15) is 4.79 Å². The van der Waals surface area contributed by atoms with E-state index in [4.69, 9.17) is 27.9 Å². The number of carbonyl (C=O) groups is 1. The first-order valence-corrected chi connectivity index (χ1v) is 13.0. The van der Waals surface area contributed by atoms with Crippen molar-refractivity contribution in [1.82, 2.24) is 15.1 Å². The third-order valence-electron chi connectivity index (χ3n) is 7.06. The van der Waals surface area contributed by atoms with Gasteiger partial charge >= 0.3 is 0 Å². The van der Waals surface area contributed by atoms with Crippen LogP contribution in [0.3, 0.4) is 0 Å². The average Bonchev–Trinajstić information content (AvgIpc) is 3.22. The van der Waals surface area contributed by atoms with Gasteiger partial charge in [-0.1, -0.05) is 29.3 Å². The highest BCUT2D eigenvalue weighted by Gasteiger charge is 2.35. The van der Waals surface area contributed by atoms with Gasteiger partial charge in [0.25, 0.3) is 0 Å². The number of piperazine rings is 1. The van der Waals surface area contributed by atoms with Gasteiger partial charge in [0.05, 0.1) is 28.8 Å². The molecule has 0 aliphatic carbocycles. The number of benzene rings is 2. The molecule has 8 heteroatoms. The maximum Gasteiger partial charge on any atom is 0.229 e. The first-order valence-electron chi connectivity index (χ1n) is 12.2. The number of nitrogens with zero attached hydrogens (tertiary/aromatic N) is 3. The zero-order chi connectivity index (χ0) is 24.9. The summed E-state index contributed by atoms with van der Waals surface area (Å²) in [4.78, 5) is 20.0. The highest BCUT2D eigenvalue weighted by molar-refractivity contribution is 6.43. The van der Waals surface area contributed by atoms with Gasteiger partial charge in [-0.25, -0.2) is 0 Å². The summed E-state index contributed by atoms with van der Waals surface area (Å²) in [5.41, 5.74) is 3.20. The van der Waals surface area contributed by atoms with Crippen LogP contribution < -0.4 is 15.0 Å². The van der Waals surface area contributed by atoms with E-state index in [1.54, 1.807) is 7.11 Å². The fourth-order valence-corrected chi connectivity index (χ4v) is 5.41. The molecule has 1 amide bonds. The lowest BCUT2D eigenvalue weighted by Gasteiger charge is -2.36. The van der Waals surface area contributed by atoms with Gasteiger partial charge in [-0.3, -0.25) is 9.69 Å². The minimum atomic E-state index is -0.172. The summed E-state index contributed by atoms with van der Waals surface area (Å²) in [5.74, 6) is 0.743. The van der Waals surface area contributed by atoms with Crippen LogP contribution in [-0.2, 0) is 4.79 Å². The predicted octanol–water partition coefficient (Wildman–Crippen LogP) is 4.62. The molecule has 2 aromatic rings. The van der Waals surface area contributed by atoms with Crippen LogP contribution in [0.25, 0.3) is 5.70 Å². The molecule has 2 aliphatic rings. The Labute approximate surface area is 218 Å². The first kappa shape index (κ1) is 25.7. The van der Waals surface area contributed by atoms with Crippen molar-refractivity contribution in [3.8, 4) is 5.75 Å². The van der Waals surface area contributed by atoms with Crippen molar-refractivity contribution in [3.05, 3.63) is 64.1 Å². The molecule has 0 saturated carbocycles. The number of methoxy groups -OCH3 is 1. The number of carbonyl (C=O) groups excluding carboxylic acids is 1. The van der Waals surface area contributed by atoms with Gasteiger partial charge in [-0.15, -0.1) is 0 Å². The van der Waals surface area contributed by atoms with Crippen molar-refractivity contribution in [2.45, 2.75) is 19.9 Å². The second-order valence-corrected chi connectivity index (χ2v) is 9.81. The molecule has 188 valence electrons. The van der Waals surface area contributed by atoms with Crippen LogP contribution in [0.1, 0.15) is 19.4 Å². The molecule has 1 saturated heterocycles. The van der Waals surface area contributed by atoms with Crippen molar-refractivity contribution in [2.24, 2.45) is 5.92 Å². The minimum Gasteiger partial charge on any atom is -0.497 e. The lowest BCUT2D eigenvalue weighted by atomic mass is 10.0. The monoisotopic (exact) mass is 516 g/mol. The van der Waals surface area contributed by atoms with Gasteiger partial charge < -0.3 is 19.9 Å². The molecule has 2 unspecified atom stereocenters. The van der Waals surface area contributed by atoms with Gasteiger partial charge in [0.1, 0.15) is 5.75 Å². The van der Waals surface area contributed by atoms with Crippen LogP contribution in [0.15, 0.2) is 48.5 Å². The molecular formula is C27H34Cl2N4O2. The van der Waals surface area contributed by atoms with Gasteiger partial charge in [0, 0.05) is 57.6 Å². The lowest BCUT2D eigenvalue weighted by molar-refractivity contribution is -0.124. The Hall–Kier alpha value is -2.41. The summed E-state index contributed by atoms with van der Waals surface area (Å²) in [6.45, 7) is 10.2. The van der Waals surface area contributed by atoms with Gasteiger partial charge in [0.2, 0.25) is 5.91 Å². The Morgan fingerprint density at radius 3 is 2.46 bits per heavy atom. The van der Waals surface area contributed by atoms with Crippen molar-refractivity contribution >= 4 is 40.5 Å². The standard InChI is InChI=1S/C27H34Cl2N4O2/c1-4-33-19(2)22(18-25(33)20-8-10-21(35-3)11-9-20)27(34)30-12-13-31-14-16-32(17-15-31)24-7-5-6-23(28)26(24)29/h5-11,18-19,22H,4,12-17H2,1-3H3,(H,30,34). The van der Waals surface area contributed by atoms with Crippen LogP contribution >= 0.6 is 23.2 Å². The van der Waals surface area contributed by atoms with Crippen LogP contribution in [0.4, 0.5) is 5.69 Å². The summed E-state index contributed by atoms with van der Waals surface area (Å²) in [5, 5.41) is 4.37. The largest absolute Gasteiger partial charge is 0.497 e. The summed E-state index contributed by atoms with van der Waals surface area (Å²) >= 11 is 12.6. The van der Waals surface area contributed by atoms with Crippen LogP contribution in [0, 0.1) is 5.92 Å². The van der Waals surface area contributed by atoms with Gasteiger partial charge in [-0.2, -0.15) is 0 Å².